The summed E-state index contributed by atoms with van der Waals surface area (Å²) in [4.78, 5) is 0. The van der Waals surface area contributed by atoms with E-state index in [9.17, 15) is 0 Å². The Morgan fingerprint density at radius 2 is 1.00 bits per heavy atom. The van der Waals surface area contributed by atoms with Crippen molar-refractivity contribution in [3.05, 3.63) is 145 Å². The average Bonchev–Trinajstić information content (AvgIpc) is 3.46. The first-order chi connectivity index (χ1) is 21.6. The van der Waals surface area contributed by atoms with Gasteiger partial charge in [0.2, 0.25) is 0 Å². The largest absolute Gasteiger partial charge is 0.455 e. The van der Waals surface area contributed by atoms with Gasteiger partial charge in [0.05, 0.1) is 0 Å². The molecule has 0 fully saturated rings. The summed E-state index contributed by atoms with van der Waals surface area (Å²) >= 11 is 0. The maximum absolute atomic E-state index is 6.36. The van der Waals surface area contributed by atoms with Gasteiger partial charge in [0.15, 0.2) is 0 Å². The maximum atomic E-state index is 6.36. The number of rotatable bonds is 4. The fourth-order valence-electron chi connectivity index (χ4n) is 7.16. The Kier molecular flexibility index (Phi) is 5.46. The second kappa shape index (κ2) is 9.56. The van der Waals surface area contributed by atoms with Crippen LogP contribution in [0.5, 0.6) is 0 Å². The van der Waals surface area contributed by atoms with Gasteiger partial charge in [0.25, 0.3) is 0 Å². The van der Waals surface area contributed by atoms with Crippen LogP contribution < -0.4 is 0 Å². The number of para-hydroxylation sites is 2. The summed E-state index contributed by atoms with van der Waals surface area (Å²) in [6.45, 7) is 4.50. The van der Waals surface area contributed by atoms with Crippen molar-refractivity contribution in [2.24, 2.45) is 0 Å². The first kappa shape index (κ1) is 25.1. The summed E-state index contributed by atoms with van der Waals surface area (Å²) in [5.41, 5.74) is 10.5. The lowest BCUT2D eigenvalue weighted by molar-refractivity contribution is 0.670. The van der Waals surface area contributed by atoms with Gasteiger partial charge in [-0.1, -0.05) is 141 Å². The highest BCUT2D eigenvalue weighted by Gasteiger charge is 2.18. The van der Waals surface area contributed by atoms with Gasteiger partial charge < -0.3 is 4.42 Å². The monoisotopic (exact) mass is 562 g/mol. The van der Waals surface area contributed by atoms with Crippen LogP contribution in [0.3, 0.4) is 0 Å². The molecule has 0 amide bonds. The lowest BCUT2D eigenvalue weighted by Crippen LogP contribution is -1.92. The molecule has 9 rings (SSSR count). The zero-order valence-corrected chi connectivity index (χ0v) is 24.8. The first-order valence-corrected chi connectivity index (χ1v) is 15.5. The van der Waals surface area contributed by atoms with Crippen molar-refractivity contribution in [1.82, 2.24) is 0 Å². The summed E-state index contributed by atoms with van der Waals surface area (Å²) in [6.07, 6.45) is 0. The Balaban J connectivity index is 1.26. The third kappa shape index (κ3) is 3.72. The molecule has 8 aromatic carbocycles. The van der Waals surface area contributed by atoms with Crippen LogP contribution in [0, 0.1) is 0 Å². The van der Waals surface area contributed by atoms with Crippen LogP contribution in [-0.2, 0) is 0 Å². The van der Waals surface area contributed by atoms with Crippen LogP contribution in [0.4, 0.5) is 0 Å². The number of hydrogen-bond acceptors (Lipinski definition) is 1. The van der Waals surface area contributed by atoms with Crippen LogP contribution in [0.1, 0.15) is 25.3 Å². The summed E-state index contributed by atoms with van der Waals surface area (Å²) in [6, 6.07) is 51.1. The molecule has 1 heterocycles. The molecule has 0 saturated heterocycles. The minimum Gasteiger partial charge on any atom is -0.455 e. The molecule has 0 aliphatic heterocycles. The molecule has 0 radical (unpaired) electrons. The smallest absolute Gasteiger partial charge is 0.143 e. The Morgan fingerprint density at radius 1 is 0.432 bits per heavy atom. The van der Waals surface area contributed by atoms with Crippen LogP contribution in [0.25, 0.3) is 87.6 Å². The predicted octanol–water partition coefficient (Wildman–Crippen LogP) is 12.6. The predicted molar refractivity (Wildman–Crippen MR) is 188 cm³/mol. The molecule has 0 unspecified atom stereocenters. The molecular formula is C43H30O. The molecule has 0 aliphatic rings. The van der Waals surface area contributed by atoms with Gasteiger partial charge in [-0.15, -0.1) is 0 Å². The quantitative estimate of drug-likeness (QED) is 0.194. The van der Waals surface area contributed by atoms with Crippen molar-refractivity contribution in [2.45, 2.75) is 19.8 Å². The number of hydrogen-bond donors (Lipinski definition) is 0. The van der Waals surface area contributed by atoms with Crippen LogP contribution in [0.2, 0.25) is 0 Å². The highest BCUT2D eigenvalue weighted by molar-refractivity contribution is 6.28. The molecule has 0 saturated carbocycles. The van der Waals surface area contributed by atoms with E-state index in [1.807, 2.05) is 12.1 Å². The van der Waals surface area contributed by atoms with E-state index in [1.165, 1.54) is 60.1 Å². The number of benzene rings is 8. The molecular weight excluding hydrogens is 532 g/mol. The summed E-state index contributed by atoms with van der Waals surface area (Å²) < 4.78 is 6.36. The molecule has 0 N–H and O–H groups in total. The summed E-state index contributed by atoms with van der Waals surface area (Å²) in [5.74, 6) is 0.505. The lowest BCUT2D eigenvalue weighted by Gasteiger charge is -2.18. The van der Waals surface area contributed by atoms with Gasteiger partial charge in [0, 0.05) is 16.3 Å². The second-order valence-corrected chi connectivity index (χ2v) is 12.3. The molecule has 0 aliphatic carbocycles. The third-order valence-electron chi connectivity index (χ3n) is 9.45. The zero-order valence-electron chi connectivity index (χ0n) is 24.8. The van der Waals surface area contributed by atoms with Gasteiger partial charge in [-0.25, -0.2) is 0 Å². The Bertz CT molecular complexity index is 2480. The van der Waals surface area contributed by atoms with Gasteiger partial charge in [-0.2, -0.15) is 0 Å². The molecule has 208 valence electrons. The molecule has 44 heavy (non-hydrogen) atoms. The van der Waals surface area contributed by atoms with E-state index in [4.69, 9.17) is 4.42 Å². The minimum atomic E-state index is 0.505. The standard InChI is InChI=1S/C43H30O/c1-26(2)27-13-15-29(16-14-27)38-25-39(36-24-22-32-8-5-7-31-21-23-35(38)42(36)41(31)32)30-19-17-28(18-20-30)33-10-6-11-37-34-9-3-4-12-40(34)44-43(33)37/h3-26H,1-2H3. The molecule has 1 aromatic heterocycles. The molecule has 0 atom stereocenters. The fraction of sp³-hybridized carbons (Fsp3) is 0.0698. The van der Waals surface area contributed by atoms with Gasteiger partial charge in [-0.05, 0) is 83.7 Å². The normalized spacial score (nSPS) is 12.1. The van der Waals surface area contributed by atoms with Crippen LogP contribution in [0.15, 0.2) is 144 Å². The van der Waals surface area contributed by atoms with Gasteiger partial charge in [0.1, 0.15) is 11.2 Å². The number of fused-ring (bicyclic) bond motifs is 3. The van der Waals surface area contributed by atoms with E-state index < -0.39 is 0 Å². The van der Waals surface area contributed by atoms with Crippen molar-refractivity contribution in [3.8, 4) is 33.4 Å². The summed E-state index contributed by atoms with van der Waals surface area (Å²) in [5, 5.41) is 10.2. The maximum Gasteiger partial charge on any atom is 0.143 e. The average molecular weight is 563 g/mol. The first-order valence-electron chi connectivity index (χ1n) is 15.5. The van der Waals surface area contributed by atoms with E-state index in [0.717, 1.165) is 33.1 Å². The van der Waals surface area contributed by atoms with E-state index >= 15 is 0 Å². The highest BCUT2D eigenvalue weighted by atomic mass is 16.3. The Labute approximate surface area is 256 Å². The van der Waals surface area contributed by atoms with Crippen molar-refractivity contribution >= 4 is 54.3 Å². The fourth-order valence-corrected chi connectivity index (χ4v) is 7.16. The van der Waals surface area contributed by atoms with E-state index in [0.29, 0.717) is 5.92 Å². The SMILES string of the molecule is CC(C)c1ccc(-c2cc(-c3ccc(-c4cccc5c4oc4ccccc45)cc3)c3ccc4cccc5ccc2c3c45)cc1. The van der Waals surface area contributed by atoms with Crippen LogP contribution in [-0.4, -0.2) is 0 Å². The molecule has 0 spiro atoms. The molecule has 9 aromatic rings. The Hall–Kier alpha value is -5.40. The molecule has 1 heteroatoms. The zero-order chi connectivity index (χ0) is 29.4. The molecule has 0 bridgehead atoms. The van der Waals surface area contributed by atoms with Crippen molar-refractivity contribution < 1.29 is 4.42 Å². The van der Waals surface area contributed by atoms with E-state index in [-0.39, 0.29) is 0 Å². The minimum absolute atomic E-state index is 0.505. The van der Waals surface area contributed by atoms with Gasteiger partial charge in [-0.3, -0.25) is 0 Å². The van der Waals surface area contributed by atoms with E-state index in [1.54, 1.807) is 0 Å². The topological polar surface area (TPSA) is 13.1 Å². The van der Waals surface area contributed by atoms with Crippen LogP contribution >= 0.6 is 0 Å². The highest BCUT2D eigenvalue weighted by Crippen LogP contribution is 2.44. The Morgan fingerprint density at radius 3 is 1.66 bits per heavy atom. The van der Waals surface area contributed by atoms with Gasteiger partial charge >= 0.3 is 0 Å². The molecule has 1 nitrogen and oxygen atoms in total. The summed E-state index contributed by atoms with van der Waals surface area (Å²) in [7, 11) is 0. The lowest BCUT2D eigenvalue weighted by atomic mass is 9.85. The van der Waals surface area contributed by atoms with Crippen molar-refractivity contribution in [2.75, 3.05) is 0 Å². The second-order valence-electron chi connectivity index (χ2n) is 12.3. The van der Waals surface area contributed by atoms with Crippen molar-refractivity contribution in [3.63, 3.8) is 0 Å². The van der Waals surface area contributed by atoms with Crippen molar-refractivity contribution in [1.29, 1.82) is 0 Å². The third-order valence-corrected chi connectivity index (χ3v) is 9.45. The number of furan rings is 1. The van der Waals surface area contributed by atoms with E-state index in [2.05, 4.69) is 141 Å².